The van der Waals surface area contributed by atoms with Gasteiger partial charge in [0.05, 0.1) is 23.9 Å². The van der Waals surface area contributed by atoms with Crippen molar-refractivity contribution in [3.8, 4) is 5.75 Å². The SMILES string of the molecule is COc1ccncc1C(O)C1CCN(c2cc(Cl)cnc2C(F)(F)F)CC1. The number of hydrogen-bond acceptors (Lipinski definition) is 5. The fourth-order valence-corrected chi connectivity index (χ4v) is 3.55. The molecule has 1 saturated heterocycles. The van der Waals surface area contributed by atoms with E-state index in [0.717, 1.165) is 6.20 Å². The van der Waals surface area contributed by atoms with Gasteiger partial charge < -0.3 is 14.7 Å². The molecule has 3 rings (SSSR count). The molecule has 0 aliphatic carbocycles. The number of methoxy groups -OCH3 is 1. The summed E-state index contributed by atoms with van der Waals surface area (Å²) in [7, 11) is 1.51. The summed E-state index contributed by atoms with van der Waals surface area (Å²) in [6.07, 6.45) is -0.193. The van der Waals surface area contributed by atoms with E-state index in [9.17, 15) is 18.3 Å². The maximum absolute atomic E-state index is 13.3. The average Bonchev–Trinajstić information content (AvgIpc) is 2.66. The van der Waals surface area contributed by atoms with Gasteiger partial charge in [0, 0.05) is 37.2 Å². The van der Waals surface area contributed by atoms with E-state index in [0.29, 0.717) is 37.2 Å². The summed E-state index contributed by atoms with van der Waals surface area (Å²) in [5.74, 6) is 0.430. The van der Waals surface area contributed by atoms with Crippen LogP contribution in [-0.2, 0) is 6.18 Å². The van der Waals surface area contributed by atoms with Gasteiger partial charge in [-0.15, -0.1) is 0 Å². The van der Waals surface area contributed by atoms with Gasteiger partial charge in [0.15, 0.2) is 5.69 Å². The van der Waals surface area contributed by atoms with Gasteiger partial charge in [0.1, 0.15) is 5.75 Å². The first-order valence-corrected chi connectivity index (χ1v) is 8.82. The van der Waals surface area contributed by atoms with Gasteiger partial charge in [-0.1, -0.05) is 11.6 Å². The Morgan fingerprint density at radius 1 is 1.30 bits per heavy atom. The van der Waals surface area contributed by atoms with Gasteiger partial charge in [0.2, 0.25) is 0 Å². The highest BCUT2D eigenvalue weighted by atomic mass is 35.5. The van der Waals surface area contributed by atoms with Crippen LogP contribution >= 0.6 is 11.6 Å². The molecule has 2 aromatic heterocycles. The van der Waals surface area contributed by atoms with E-state index in [4.69, 9.17) is 16.3 Å². The molecule has 0 spiro atoms. The molecule has 3 heterocycles. The minimum atomic E-state index is -4.56. The summed E-state index contributed by atoms with van der Waals surface area (Å²) < 4.78 is 45.0. The zero-order valence-electron chi connectivity index (χ0n) is 14.6. The maximum atomic E-state index is 13.3. The van der Waals surface area contributed by atoms with E-state index in [2.05, 4.69) is 9.97 Å². The Hall–Kier alpha value is -2.06. The number of anilines is 1. The number of hydrogen-bond donors (Lipinski definition) is 1. The van der Waals surface area contributed by atoms with Gasteiger partial charge in [-0.05, 0) is 30.9 Å². The molecule has 5 nitrogen and oxygen atoms in total. The van der Waals surface area contributed by atoms with Crippen molar-refractivity contribution in [3.63, 3.8) is 0 Å². The molecule has 1 unspecified atom stereocenters. The van der Waals surface area contributed by atoms with E-state index in [1.54, 1.807) is 23.4 Å². The smallest absolute Gasteiger partial charge is 0.435 e. The molecule has 146 valence electrons. The third kappa shape index (κ3) is 4.27. The van der Waals surface area contributed by atoms with Crippen molar-refractivity contribution in [2.75, 3.05) is 25.1 Å². The molecule has 0 radical (unpaired) electrons. The molecule has 2 aromatic rings. The number of alkyl halides is 3. The van der Waals surface area contributed by atoms with Gasteiger partial charge >= 0.3 is 6.18 Å². The molecule has 1 aliphatic heterocycles. The van der Waals surface area contributed by atoms with Crippen LogP contribution in [0.1, 0.15) is 30.2 Å². The van der Waals surface area contributed by atoms with Crippen LogP contribution in [0.3, 0.4) is 0 Å². The number of ether oxygens (including phenoxy) is 1. The van der Waals surface area contributed by atoms with Gasteiger partial charge in [-0.2, -0.15) is 13.2 Å². The van der Waals surface area contributed by atoms with E-state index >= 15 is 0 Å². The average molecular weight is 402 g/mol. The third-order valence-corrected chi connectivity index (χ3v) is 4.98. The van der Waals surface area contributed by atoms with E-state index in [1.807, 2.05) is 0 Å². The number of aliphatic hydroxyl groups is 1. The zero-order chi connectivity index (χ0) is 19.6. The second-order valence-corrected chi connectivity index (χ2v) is 6.84. The standard InChI is InChI=1S/C18H19ClF3N3O2/c1-27-15-2-5-23-10-13(15)16(26)11-3-6-25(7-4-11)14-8-12(19)9-24-17(14)18(20,21)22/h2,5,8-11,16,26H,3-4,6-7H2,1H3. The number of rotatable bonds is 4. The van der Waals surface area contributed by atoms with Crippen LogP contribution in [0.5, 0.6) is 5.75 Å². The number of aliphatic hydroxyl groups excluding tert-OH is 1. The third-order valence-electron chi connectivity index (χ3n) is 4.78. The van der Waals surface area contributed by atoms with E-state index in [-0.39, 0.29) is 16.6 Å². The molecule has 0 saturated carbocycles. The highest BCUT2D eigenvalue weighted by molar-refractivity contribution is 6.30. The first-order valence-electron chi connectivity index (χ1n) is 8.45. The first-order chi connectivity index (χ1) is 12.8. The minimum absolute atomic E-state index is 0.0260. The van der Waals surface area contributed by atoms with Crippen molar-refractivity contribution < 1.29 is 23.0 Å². The van der Waals surface area contributed by atoms with Crippen LogP contribution in [0.2, 0.25) is 5.02 Å². The summed E-state index contributed by atoms with van der Waals surface area (Å²) in [6.45, 7) is 0.713. The Bertz CT molecular complexity index is 796. The summed E-state index contributed by atoms with van der Waals surface area (Å²) >= 11 is 5.86. The van der Waals surface area contributed by atoms with Gasteiger partial charge in [0.25, 0.3) is 0 Å². The van der Waals surface area contributed by atoms with Crippen molar-refractivity contribution in [3.05, 3.63) is 47.0 Å². The lowest BCUT2D eigenvalue weighted by atomic mass is 9.87. The van der Waals surface area contributed by atoms with Crippen molar-refractivity contribution >= 4 is 17.3 Å². The number of aromatic nitrogens is 2. The normalized spacial score (nSPS) is 17.0. The number of halogens is 4. The van der Waals surface area contributed by atoms with Crippen LogP contribution in [-0.4, -0.2) is 35.3 Å². The Morgan fingerprint density at radius 3 is 2.63 bits per heavy atom. The molecule has 1 aliphatic rings. The van der Waals surface area contributed by atoms with Crippen molar-refractivity contribution in [1.29, 1.82) is 0 Å². The summed E-state index contributed by atoms with van der Waals surface area (Å²) in [6, 6.07) is 2.96. The molecule has 0 bridgehead atoms. The van der Waals surface area contributed by atoms with Crippen molar-refractivity contribution in [1.82, 2.24) is 9.97 Å². The molecular formula is C18H19ClF3N3O2. The maximum Gasteiger partial charge on any atom is 0.435 e. The lowest BCUT2D eigenvalue weighted by Crippen LogP contribution is -2.37. The van der Waals surface area contributed by atoms with Crippen LogP contribution < -0.4 is 9.64 Å². The second kappa shape index (κ2) is 7.90. The van der Waals surface area contributed by atoms with Crippen molar-refractivity contribution in [2.24, 2.45) is 5.92 Å². The van der Waals surface area contributed by atoms with Crippen molar-refractivity contribution in [2.45, 2.75) is 25.1 Å². The quantitative estimate of drug-likeness (QED) is 0.835. The fourth-order valence-electron chi connectivity index (χ4n) is 3.40. The van der Waals surface area contributed by atoms with Gasteiger partial charge in [-0.25, -0.2) is 4.98 Å². The highest BCUT2D eigenvalue weighted by Crippen LogP contribution is 2.40. The Labute approximate surface area is 159 Å². The van der Waals surface area contributed by atoms with Crippen LogP contribution in [0.4, 0.5) is 18.9 Å². The lowest BCUT2D eigenvalue weighted by molar-refractivity contribution is -0.140. The number of piperidine rings is 1. The van der Waals surface area contributed by atoms with E-state index in [1.165, 1.54) is 13.2 Å². The fraction of sp³-hybridized carbons (Fsp3) is 0.444. The monoisotopic (exact) mass is 401 g/mol. The second-order valence-electron chi connectivity index (χ2n) is 6.41. The number of pyridine rings is 2. The summed E-state index contributed by atoms with van der Waals surface area (Å²) in [4.78, 5) is 9.11. The molecular weight excluding hydrogens is 383 g/mol. The molecule has 1 N–H and O–H groups in total. The summed E-state index contributed by atoms with van der Waals surface area (Å²) in [5, 5.41) is 10.8. The zero-order valence-corrected chi connectivity index (χ0v) is 15.3. The molecule has 27 heavy (non-hydrogen) atoms. The Kier molecular flexibility index (Phi) is 5.76. The molecule has 1 fully saturated rings. The Morgan fingerprint density at radius 2 is 2.00 bits per heavy atom. The predicted octanol–water partition coefficient (Wildman–Crippen LogP) is 4.11. The first kappa shape index (κ1) is 19.7. The van der Waals surface area contributed by atoms with E-state index < -0.39 is 18.0 Å². The van der Waals surface area contributed by atoms with Crippen LogP contribution in [0, 0.1) is 5.92 Å². The van der Waals surface area contributed by atoms with Crippen LogP contribution in [0.15, 0.2) is 30.7 Å². The van der Waals surface area contributed by atoms with Crippen LogP contribution in [0.25, 0.3) is 0 Å². The predicted molar refractivity (Wildman–Crippen MR) is 94.9 cm³/mol. The molecule has 9 heteroatoms. The van der Waals surface area contributed by atoms with Gasteiger partial charge in [-0.3, -0.25) is 4.98 Å². The lowest BCUT2D eigenvalue weighted by Gasteiger charge is -2.36. The highest BCUT2D eigenvalue weighted by Gasteiger charge is 2.38. The summed E-state index contributed by atoms with van der Waals surface area (Å²) in [5.41, 5.74) is -0.388. The minimum Gasteiger partial charge on any atom is -0.496 e. The Balaban J connectivity index is 1.75. The molecule has 0 amide bonds. The largest absolute Gasteiger partial charge is 0.496 e. The number of nitrogens with zero attached hydrogens (tertiary/aromatic N) is 3. The molecule has 1 atom stereocenters. The topological polar surface area (TPSA) is 58.5 Å². The molecule has 0 aromatic carbocycles.